The number of rotatable bonds is 1. The first-order chi connectivity index (χ1) is 8.69. The lowest BCUT2D eigenvalue weighted by atomic mass is 9.69. The third kappa shape index (κ3) is 2.14. The van der Waals surface area contributed by atoms with Gasteiger partial charge in [0.15, 0.2) is 0 Å². The van der Waals surface area contributed by atoms with Crippen LogP contribution in [-0.2, 0) is 9.53 Å². The number of carbonyl (C=O) groups is 1. The third-order valence-electron chi connectivity index (χ3n) is 4.82. The second-order valence-electron chi connectivity index (χ2n) is 5.99. The molecule has 2 fully saturated rings. The van der Waals surface area contributed by atoms with Gasteiger partial charge in [0.05, 0.1) is 5.70 Å². The Balaban J connectivity index is 1.68. The van der Waals surface area contributed by atoms with Gasteiger partial charge in [-0.2, -0.15) is 0 Å². The zero-order valence-corrected chi connectivity index (χ0v) is 11.1. The van der Waals surface area contributed by atoms with Crippen molar-refractivity contribution in [2.24, 2.45) is 5.41 Å². The number of hydrogen-bond donors (Lipinski definition) is 1. The highest BCUT2D eigenvalue weighted by atomic mass is 16.5. The molecule has 0 saturated carbocycles. The molecule has 0 amide bonds. The minimum absolute atomic E-state index is 0.181. The number of nitrogens with one attached hydrogen (secondary N) is 1. The van der Waals surface area contributed by atoms with Gasteiger partial charge in [0.1, 0.15) is 6.61 Å². The quantitative estimate of drug-likeness (QED) is 0.712. The van der Waals surface area contributed by atoms with Crippen LogP contribution in [0.3, 0.4) is 0 Å². The molecule has 0 aliphatic carbocycles. The summed E-state index contributed by atoms with van der Waals surface area (Å²) in [5.74, 6) is -0.181. The van der Waals surface area contributed by atoms with Gasteiger partial charge in [-0.15, -0.1) is 0 Å². The Morgan fingerprint density at radius 3 is 2.78 bits per heavy atom. The van der Waals surface area contributed by atoms with E-state index >= 15 is 0 Å². The van der Waals surface area contributed by atoms with Crippen molar-refractivity contribution >= 4 is 5.97 Å². The summed E-state index contributed by atoms with van der Waals surface area (Å²) in [4.78, 5) is 13.5. The van der Waals surface area contributed by atoms with Crippen molar-refractivity contribution in [1.29, 1.82) is 0 Å². The molecule has 0 aromatic heterocycles. The van der Waals surface area contributed by atoms with Gasteiger partial charge in [0.2, 0.25) is 0 Å². The lowest BCUT2D eigenvalue weighted by molar-refractivity contribution is -0.135. The highest BCUT2D eigenvalue weighted by Gasteiger charge is 2.39. The van der Waals surface area contributed by atoms with Crippen LogP contribution in [0.25, 0.3) is 0 Å². The Kier molecular flexibility index (Phi) is 3.06. The molecule has 100 valence electrons. The van der Waals surface area contributed by atoms with Crippen LogP contribution >= 0.6 is 0 Å². The summed E-state index contributed by atoms with van der Waals surface area (Å²) in [7, 11) is 0. The van der Waals surface area contributed by atoms with Crippen molar-refractivity contribution < 1.29 is 9.53 Å². The van der Waals surface area contributed by atoms with E-state index in [1.807, 2.05) is 0 Å². The van der Waals surface area contributed by atoms with E-state index in [2.05, 4.69) is 17.1 Å². The van der Waals surface area contributed by atoms with Crippen molar-refractivity contribution in [3.63, 3.8) is 0 Å². The van der Waals surface area contributed by atoms with E-state index in [9.17, 15) is 4.79 Å². The number of hydrogen-bond acceptors (Lipinski definition) is 4. The summed E-state index contributed by atoms with van der Waals surface area (Å²) in [6, 6.07) is 0.526. The summed E-state index contributed by atoms with van der Waals surface area (Å²) in [5, 5.41) is 3.45. The van der Waals surface area contributed by atoms with E-state index in [0.717, 1.165) is 25.3 Å². The van der Waals surface area contributed by atoms with Crippen molar-refractivity contribution in [2.75, 3.05) is 26.2 Å². The van der Waals surface area contributed by atoms with Crippen molar-refractivity contribution in [3.8, 4) is 0 Å². The van der Waals surface area contributed by atoms with Crippen LogP contribution in [0.2, 0.25) is 0 Å². The molecule has 4 nitrogen and oxygen atoms in total. The Bertz CT molecular complexity index is 372. The summed E-state index contributed by atoms with van der Waals surface area (Å²) >= 11 is 0. The largest absolute Gasteiger partial charge is 0.456 e. The van der Waals surface area contributed by atoms with Gasteiger partial charge in [-0.1, -0.05) is 0 Å². The van der Waals surface area contributed by atoms with E-state index in [-0.39, 0.29) is 5.97 Å². The van der Waals surface area contributed by atoms with Crippen molar-refractivity contribution in [1.82, 2.24) is 10.2 Å². The Labute approximate surface area is 108 Å². The maximum Gasteiger partial charge on any atom is 0.333 e. The molecule has 4 heteroatoms. The molecule has 2 saturated heterocycles. The Morgan fingerprint density at radius 2 is 2.17 bits per heavy atom. The molecule has 0 radical (unpaired) electrons. The summed E-state index contributed by atoms with van der Waals surface area (Å²) in [5.41, 5.74) is 1.63. The average Bonchev–Trinajstić information content (AvgIpc) is 2.77. The molecule has 3 heterocycles. The fourth-order valence-electron chi connectivity index (χ4n) is 3.79. The van der Waals surface area contributed by atoms with Gasteiger partial charge in [-0.3, -0.25) is 0 Å². The monoisotopic (exact) mass is 250 g/mol. The second kappa shape index (κ2) is 4.57. The van der Waals surface area contributed by atoms with Gasteiger partial charge in [-0.25, -0.2) is 4.79 Å². The first-order valence-electron chi connectivity index (χ1n) is 7.03. The molecule has 1 unspecified atom stereocenters. The topological polar surface area (TPSA) is 41.6 Å². The van der Waals surface area contributed by atoms with Gasteiger partial charge in [0.25, 0.3) is 0 Å². The maximum atomic E-state index is 11.2. The summed E-state index contributed by atoms with van der Waals surface area (Å²) in [6.45, 7) is 6.15. The zero-order valence-electron chi connectivity index (χ0n) is 11.1. The van der Waals surface area contributed by atoms with Crippen LogP contribution in [-0.4, -0.2) is 43.2 Å². The smallest absolute Gasteiger partial charge is 0.333 e. The lowest BCUT2D eigenvalue weighted by Gasteiger charge is -2.48. The van der Waals surface area contributed by atoms with Gasteiger partial charge >= 0.3 is 5.97 Å². The normalized spacial score (nSPS) is 31.4. The number of likely N-dealkylation sites (tertiary alicyclic amines) is 1. The van der Waals surface area contributed by atoms with E-state index in [0.29, 0.717) is 18.1 Å². The van der Waals surface area contributed by atoms with Crippen LogP contribution in [0, 0.1) is 5.41 Å². The van der Waals surface area contributed by atoms with Crippen LogP contribution in [0.1, 0.15) is 32.6 Å². The number of carbonyl (C=O) groups excluding carboxylic acids is 1. The number of esters is 1. The minimum Gasteiger partial charge on any atom is -0.456 e. The molecular formula is C14H22N2O2. The molecule has 1 spiro atoms. The van der Waals surface area contributed by atoms with Gasteiger partial charge in [-0.05, 0) is 51.1 Å². The zero-order chi connectivity index (χ0) is 12.6. The average molecular weight is 250 g/mol. The summed E-state index contributed by atoms with van der Waals surface area (Å²) in [6.07, 6.45) is 6.78. The van der Waals surface area contributed by atoms with E-state index in [4.69, 9.17) is 4.74 Å². The van der Waals surface area contributed by atoms with Crippen LogP contribution < -0.4 is 5.32 Å². The molecule has 0 bridgehead atoms. The highest BCUT2D eigenvalue weighted by molar-refractivity contribution is 5.85. The Hall–Kier alpha value is -1.03. The molecule has 1 N–H and O–H groups in total. The first kappa shape index (κ1) is 12.0. The minimum atomic E-state index is -0.181. The lowest BCUT2D eigenvalue weighted by Crippen LogP contribution is -2.49. The standard InChI is InChI=1S/C14H22N2O2/c1-11-9-14(2-5-15-6-3-14)4-7-16(11)12-8-13(17)18-10-12/h8,11,15H,2-7,9-10H2,1H3. The maximum absolute atomic E-state index is 11.2. The van der Waals surface area contributed by atoms with Crippen LogP contribution in [0.4, 0.5) is 0 Å². The second-order valence-corrected chi connectivity index (χ2v) is 5.99. The fourth-order valence-corrected chi connectivity index (χ4v) is 3.79. The third-order valence-corrected chi connectivity index (χ3v) is 4.82. The van der Waals surface area contributed by atoms with Crippen LogP contribution in [0.15, 0.2) is 11.8 Å². The number of nitrogens with zero attached hydrogens (tertiary/aromatic N) is 1. The number of ether oxygens (including phenoxy) is 1. The molecule has 3 aliphatic heterocycles. The molecule has 3 aliphatic rings. The van der Waals surface area contributed by atoms with Crippen molar-refractivity contribution in [3.05, 3.63) is 11.8 Å². The Morgan fingerprint density at radius 1 is 1.39 bits per heavy atom. The molecule has 18 heavy (non-hydrogen) atoms. The number of cyclic esters (lactones) is 1. The highest BCUT2D eigenvalue weighted by Crippen LogP contribution is 2.43. The van der Waals surface area contributed by atoms with E-state index < -0.39 is 0 Å². The van der Waals surface area contributed by atoms with Gasteiger partial charge in [0, 0.05) is 18.7 Å². The van der Waals surface area contributed by atoms with E-state index in [1.165, 1.54) is 25.7 Å². The first-order valence-corrected chi connectivity index (χ1v) is 7.03. The predicted octanol–water partition coefficient (Wildman–Crippen LogP) is 1.28. The molecular weight excluding hydrogens is 228 g/mol. The number of piperidine rings is 2. The molecule has 3 rings (SSSR count). The molecule has 1 atom stereocenters. The molecule has 0 aromatic carbocycles. The fraction of sp³-hybridized carbons (Fsp3) is 0.786. The SMILES string of the molecule is CC1CC2(CCNCC2)CCN1C1=CC(=O)OC1. The molecule has 0 aromatic rings. The predicted molar refractivity (Wildman–Crippen MR) is 69.0 cm³/mol. The van der Waals surface area contributed by atoms with Gasteiger partial charge < -0.3 is 15.0 Å². The van der Waals surface area contributed by atoms with E-state index in [1.54, 1.807) is 6.08 Å². The van der Waals surface area contributed by atoms with Crippen molar-refractivity contribution in [2.45, 2.75) is 38.6 Å². The van der Waals surface area contributed by atoms with Crippen LogP contribution in [0.5, 0.6) is 0 Å². The summed E-state index contributed by atoms with van der Waals surface area (Å²) < 4.78 is 5.02.